The Morgan fingerprint density at radius 2 is 2.14 bits per heavy atom. The van der Waals surface area contributed by atoms with E-state index in [0.29, 0.717) is 19.7 Å². The van der Waals surface area contributed by atoms with Gasteiger partial charge in [-0.2, -0.15) is 0 Å². The Morgan fingerprint density at radius 3 is 2.81 bits per heavy atom. The Bertz CT molecular complexity index is 533. The summed E-state index contributed by atoms with van der Waals surface area (Å²) < 4.78 is 32.6. The van der Waals surface area contributed by atoms with Crippen LogP contribution in [-0.4, -0.2) is 37.1 Å². The number of piperidine rings is 1. The highest BCUT2D eigenvalue weighted by molar-refractivity contribution is 5.94. The Hall–Kier alpha value is -1.93. The Morgan fingerprint density at radius 1 is 1.43 bits per heavy atom. The van der Waals surface area contributed by atoms with Crippen molar-refractivity contribution in [2.75, 3.05) is 26.3 Å². The van der Waals surface area contributed by atoms with Crippen LogP contribution in [0.5, 0.6) is 0 Å². The molecular weight excluding hydrogens is 276 g/mol. The van der Waals surface area contributed by atoms with Gasteiger partial charge in [0.1, 0.15) is 23.8 Å². The summed E-state index contributed by atoms with van der Waals surface area (Å²) in [6.45, 7) is 1.61. The first kappa shape index (κ1) is 15.5. The topological polar surface area (TPSA) is 29.5 Å². The molecule has 1 aromatic carbocycles. The zero-order valence-electron chi connectivity index (χ0n) is 11.6. The molecule has 1 saturated heterocycles. The van der Waals surface area contributed by atoms with Crippen LogP contribution in [0.4, 0.5) is 8.78 Å². The molecule has 0 N–H and O–H groups in total. The predicted molar refractivity (Wildman–Crippen MR) is 74.6 cm³/mol. The quantitative estimate of drug-likeness (QED) is 0.630. The molecule has 0 aliphatic carbocycles. The van der Waals surface area contributed by atoms with Gasteiger partial charge in [-0.25, -0.2) is 8.78 Å². The van der Waals surface area contributed by atoms with Gasteiger partial charge in [0.15, 0.2) is 0 Å². The molecule has 3 nitrogen and oxygen atoms in total. The van der Waals surface area contributed by atoms with Gasteiger partial charge in [0, 0.05) is 19.0 Å². The maximum atomic E-state index is 13.7. The smallest absolute Gasteiger partial charge is 0.259 e. The van der Waals surface area contributed by atoms with Gasteiger partial charge in [-0.1, -0.05) is 12.0 Å². The highest BCUT2D eigenvalue weighted by Crippen LogP contribution is 2.21. The molecule has 0 saturated carbocycles. The number of rotatable bonds is 4. The number of benzene rings is 1. The molecular formula is C16H17F2NO2. The lowest BCUT2D eigenvalue weighted by molar-refractivity contribution is 0.0526. The fourth-order valence-electron chi connectivity index (χ4n) is 2.53. The maximum Gasteiger partial charge on any atom is 0.259 e. The summed E-state index contributed by atoms with van der Waals surface area (Å²) in [5.41, 5.74) is -0.484. The minimum Gasteiger partial charge on any atom is -0.368 e. The second-order valence-corrected chi connectivity index (χ2v) is 5.08. The third kappa shape index (κ3) is 3.79. The third-order valence-corrected chi connectivity index (χ3v) is 3.52. The molecule has 0 spiro atoms. The molecule has 112 valence electrons. The number of ether oxygens (including phenoxy) is 1. The summed E-state index contributed by atoms with van der Waals surface area (Å²) in [6.07, 6.45) is 6.80. The van der Waals surface area contributed by atoms with E-state index in [-0.39, 0.29) is 12.5 Å². The molecule has 2 rings (SSSR count). The first-order chi connectivity index (χ1) is 10.1. The summed E-state index contributed by atoms with van der Waals surface area (Å²) >= 11 is 0. The summed E-state index contributed by atoms with van der Waals surface area (Å²) in [6, 6.07) is 3.43. The van der Waals surface area contributed by atoms with Gasteiger partial charge in [0.05, 0.1) is 6.61 Å². The molecule has 1 fully saturated rings. The average Bonchev–Trinajstić information content (AvgIpc) is 2.47. The number of likely N-dealkylation sites (tertiary alicyclic amines) is 1. The van der Waals surface area contributed by atoms with Crippen LogP contribution in [0.25, 0.3) is 0 Å². The van der Waals surface area contributed by atoms with Gasteiger partial charge < -0.3 is 9.64 Å². The molecule has 0 aromatic heterocycles. The van der Waals surface area contributed by atoms with Gasteiger partial charge in [-0.15, -0.1) is 6.42 Å². The molecule has 1 aromatic rings. The largest absolute Gasteiger partial charge is 0.368 e. The number of nitrogens with zero attached hydrogens (tertiary/aromatic N) is 1. The molecule has 1 aliphatic rings. The van der Waals surface area contributed by atoms with Crippen LogP contribution in [0.3, 0.4) is 0 Å². The van der Waals surface area contributed by atoms with Crippen molar-refractivity contribution in [2.45, 2.75) is 12.8 Å². The van der Waals surface area contributed by atoms with E-state index in [9.17, 15) is 13.6 Å². The fourth-order valence-corrected chi connectivity index (χ4v) is 2.53. The third-order valence-electron chi connectivity index (χ3n) is 3.52. The van der Waals surface area contributed by atoms with Crippen molar-refractivity contribution < 1.29 is 18.3 Å². The van der Waals surface area contributed by atoms with E-state index < -0.39 is 23.1 Å². The van der Waals surface area contributed by atoms with Crippen molar-refractivity contribution in [1.29, 1.82) is 0 Å². The zero-order valence-corrected chi connectivity index (χ0v) is 11.6. The number of terminal acetylenes is 1. The van der Waals surface area contributed by atoms with Crippen molar-refractivity contribution in [1.82, 2.24) is 4.90 Å². The average molecular weight is 293 g/mol. The monoisotopic (exact) mass is 293 g/mol. The summed E-state index contributed by atoms with van der Waals surface area (Å²) in [4.78, 5) is 13.8. The lowest BCUT2D eigenvalue weighted by Gasteiger charge is -2.32. The van der Waals surface area contributed by atoms with Crippen LogP contribution in [0.2, 0.25) is 0 Å². The summed E-state index contributed by atoms with van der Waals surface area (Å²) in [5.74, 6) is 0.264. The number of carbonyl (C=O) groups excluding carboxylic acids is 1. The molecule has 0 radical (unpaired) electrons. The van der Waals surface area contributed by atoms with Crippen LogP contribution in [0, 0.1) is 29.9 Å². The van der Waals surface area contributed by atoms with E-state index >= 15 is 0 Å². The van der Waals surface area contributed by atoms with Crippen molar-refractivity contribution in [3.05, 3.63) is 35.4 Å². The molecule has 1 amide bonds. The van der Waals surface area contributed by atoms with Crippen LogP contribution >= 0.6 is 0 Å². The van der Waals surface area contributed by atoms with E-state index in [2.05, 4.69) is 5.92 Å². The van der Waals surface area contributed by atoms with Crippen LogP contribution in [0.15, 0.2) is 18.2 Å². The lowest BCUT2D eigenvalue weighted by Crippen LogP contribution is -2.41. The summed E-state index contributed by atoms with van der Waals surface area (Å²) in [5, 5.41) is 0. The standard InChI is InChI=1S/C16H17F2NO2/c1-2-9-21-11-12-5-4-8-19(10-12)16(20)15-13(17)6-3-7-14(15)18/h1,3,6-7,12H,4-5,8-11H2/t12-/m0/s1. The molecule has 0 bridgehead atoms. The first-order valence-corrected chi connectivity index (χ1v) is 6.88. The highest BCUT2D eigenvalue weighted by Gasteiger charge is 2.28. The molecule has 1 aliphatic heterocycles. The number of halogens is 2. The number of hydrogen-bond acceptors (Lipinski definition) is 2. The van der Waals surface area contributed by atoms with Gasteiger partial charge in [0.25, 0.3) is 5.91 Å². The van der Waals surface area contributed by atoms with E-state index in [0.717, 1.165) is 25.0 Å². The molecule has 1 atom stereocenters. The van der Waals surface area contributed by atoms with E-state index in [1.165, 1.54) is 11.0 Å². The van der Waals surface area contributed by atoms with Gasteiger partial charge in [0.2, 0.25) is 0 Å². The molecule has 5 heteroatoms. The van der Waals surface area contributed by atoms with Crippen molar-refractivity contribution in [3.8, 4) is 12.3 Å². The predicted octanol–water partition coefficient (Wildman–Crippen LogP) is 2.47. The number of carbonyl (C=O) groups is 1. The normalized spacial score (nSPS) is 18.3. The van der Waals surface area contributed by atoms with Crippen molar-refractivity contribution in [3.63, 3.8) is 0 Å². The van der Waals surface area contributed by atoms with Crippen LogP contribution in [-0.2, 0) is 4.74 Å². The van der Waals surface area contributed by atoms with E-state index in [1.807, 2.05) is 0 Å². The minimum atomic E-state index is -0.828. The maximum absolute atomic E-state index is 13.7. The van der Waals surface area contributed by atoms with E-state index in [1.54, 1.807) is 0 Å². The van der Waals surface area contributed by atoms with Crippen LogP contribution < -0.4 is 0 Å². The highest BCUT2D eigenvalue weighted by atomic mass is 19.1. The van der Waals surface area contributed by atoms with Crippen molar-refractivity contribution in [2.24, 2.45) is 5.92 Å². The molecule has 21 heavy (non-hydrogen) atoms. The SMILES string of the molecule is C#CCOC[C@H]1CCCN(C(=O)c2c(F)cccc2F)C1. The van der Waals surface area contributed by atoms with Crippen LogP contribution in [0.1, 0.15) is 23.2 Å². The Kier molecular flexibility index (Phi) is 5.29. The Labute approximate surface area is 122 Å². The van der Waals surface area contributed by atoms with Gasteiger partial charge in [-0.3, -0.25) is 4.79 Å². The lowest BCUT2D eigenvalue weighted by atomic mass is 9.98. The number of amides is 1. The van der Waals surface area contributed by atoms with Gasteiger partial charge >= 0.3 is 0 Å². The summed E-state index contributed by atoms with van der Waals surface area (Å²) in [7, 11) is 0. The van der Waals surface area contributed by atoms with Crippen molar-refractivity contribution >= 4 is 5.91 Å². The fraction of sp³-hybridized carbons (Fsp3) is 0.438. The second kappa shape index (κ2) is 7.19. The van der Waals surface area contributed by atoms with Gasteiger partial charge in [-0.05, 0) is 25.0 Å². The minimum absolute atomic E-state index is 0.144. The van der Waals surface area contributed by atoms with E-state index in [4.69, 9.17) is 11.2 Å². The first-order valence-electron chi connectivity index (χ1n) is 6.88. The molecule has 1 heterocycles. The number of hydrogen-bond donors (Lipinski definition) is 0. The Balaban J connectivity index is 2.04. The molecule has 0 unspecified atom stereocenters. The second-order valence-electron chi connectivity index (χ2n) is 5.08. The zero-order chi connectivity index (χ0) is 15.2.